The Morgan fingerprint density at radius 3 is 2.97 bits per heavy atom. The standard InChI is InChI=1S/C20H23N5O3S/c1-13-12-28-7-6-25(13)19-9-16(18-3-2-8-29(18,26)27)23-20(24-19)15-10-21-11-17-14(15)4-5-22-17/h4-5,9-11,13,18,22H,2-3,6-8,12H2,1H3/t13-,18-/m1/s1. The van der Waals surface area contributed by atoms with E-state index < -0.39 is 15.1 Å². The Bertz CT molecular complexity index is 1160. The number of rotatable bonds is 3. The van der Waals surface area contributed by atoms with Gasteiger partial charge in [-0.25, -0.2) is 18.4 Å². The lowest BCUT2D eigenvalue weighted by Crippen LogP contribution is -2.44. The highest BCUT2D eigenvalue weighted by atomic mass is 32.2. The number of aromatic amines is 1. The first-order chi connectivity index (χ1) is 14.0. The molecule has 8 nitrogen and oxygen atoms in total. The lowest BCUT2D eigenvalue weighted by atomic mass is 10.1. The van der Waals surface area contributed by atoms with E-state index in [-0.39, 0.29) is 11.8 Å². The van der Waals surface area contributed by atoms with Crippen molar-refractivity contribution in [3.8, 4) is 11.4 Å². The van der Waals surface area contributed by atoms with Crippen LogP contribution in [0.25, 0.3) is 22.3 Å². The number of anilines is 1. The van der Waals surface area contributed by atoms with E-state index in [2.05, 4.69) is 21.8 Å². The molecule has 2 saturated heterocycles. The van der Waals surface area contributed by atoms with Gasteiger partial charge in [0.1, 0.15) is 11.1 Å². The lowest BCUT2D eigenvalue weighted by Gasteiger charge is -2.34. The largest absolute Gasteiger partial charge is 0.377 e. The molecule has 5 heterocycles. The minimum Gasteiger partial charge on any atom is -0.377 e. The average Bonchev–Trinajstić information content (AvgIpc) is 3.33. The van der Waals surface area contributed by atoms with Gasteiger partial charge in [-0.1, -0.05) is 0 Å². The number of pyridine rings is 1. The van der Waals surface area contributed by atoms with Gasteiger partial charge < -0.3 is 14.6 Å². The maximum atomic E-state index is 12.6. The minimum absolute atomic E-state index is 0.153. The van der Waals surface area contributed by atoms with E-state index in [0.717, 1.165) is 22.3 Å². The maximum absolute atomic E-state index is 12.6. The average molecular weight is 414 g/mol. The van der Waals surface area contributed by atoms with E-state index in [1.165, 1.54) is 0 Å². The smallest absolute Gasteiger partial charge is 0.164 e. The van der Waals surface area contributed by atoms with Crippen LogP contribution in [-0.4, -0.2) is 59.9 Å². The first-order valence-electron chi connectivity index (χ1n) is 9.89. The molecule has 2 fully saturated rings. The molecule has 3 aromatic rings. The van der Waals surface area contributed by atoms with Crippen molar-refractivity contribution in [3.05, 3.63) is 36.4 Å². The van der Waals surface area contributed by atoms with E-state index in [1.54, 1.807) is 12.4 Å². The molecule has 0 radical (unpaired) electrons. The summed E-state index contributed by atoms with van der Waals surface area (Å²) in [6.07, 6.45) is 6.63. The number of ether oxygens (including phenoxy) is 1. The second-order valence-electron chi connectivity index (χ2n) is 7.72. The van der Waals surface area contributed by atoms with Gasteiger partial charge in [-0.05, 0) is 25.8 Å². The highest BCUT2D eigenvalue weighted by molar-refractivity contribution is 7.91. The monoisotopic (exact) mass is 413 g/mol. The molecule has 0 aromatic carbocycles. The van der Waals surface area contributed by atoms with Crippen LogP contribution in [0.4, 0.5) is 5.82 Å². The van der Waals surface area contributed by atoms with Crippen LogP contribution in [0.2, 0.25) is 0 Å². The van der Waals surface area contributed by atoms with Crippen molar-refractivity contribution in [1.29, 1.82) is 0 Å². The fourth-order valence-electron chi connectivity index (χ4n) is 4.23. The predicted molar refractivity (Wildman–Crippen MR) is 111 cm³/mol. The minimum atomic E-state index is -3.19. The van der Waals surface area contributed by atoms with Crippen molar-refractivity contribution in [3.63, 3.8) is 0 Å². The van der Waals surface area contributed by atoms with Crippen molar-refractivity contribution >= 4 is 26.6 Å². The SMILES string of the molecule is C[C@@H]1COCCN1c1cc([C@H]2CCCS2(=O)=O)nc(-c2cncc3[nH]ccc23)n1. The summed E-state index contributed by atoms with van der Waals surface area (Å²) in [6.45, 7) is 4.03. The molecule has 0 spiro atoms. The molecule has 1 N–H and O–H groups in total. The van der Waals surface area contributed by atoms with Crippen molar-refractivity contribution in [2.24, 2.45) is 0 Å². The van der Waals surface area contributed by atoms with Crippen LogP contribution < -0.4 is 4.90 Å². The molecule has 0 aliphatic carbocycles. The van der Waals surface area contributed by atoms with Gasteiger partial charge in [-0.3, -0.25) is 4.98 Å². The number of nitrogens with one attached hydrogen (secondary N) is 1. The molecule has 3 aromatic heterocycles. The zero-order valence-electron chi connectivity index (χ0n) is 16.2. The molecule has 5 rings (SSSR count). The van der Waals surface area contributed by atoms with Crippen molar-refractivity contribution in [2.45, 2.75) is 31.1 Å². The normalized spacial score (nSPS) is 24.2. The second-order valence-corrected chi connectivity index (χ2v) is 10.0. The summed E-state index contributed by atoms with van der Waals surface area (Å²) in [5.74, 6) is 1.47. The molecule has 2 aliphatic rings. The van der Waals surface area contributed by atoms with Crippen LogP contribution in [0.15, 0.2) is 30.7 Å². The van der Waals surface area contributed by atoms with Crippen LogP contribution in [0.3, 0.4) is 0 Å². The fourth-order valence-corrected chi connectivity index (χ4v) is 6.10. The van der Waals surface area contributed by atoms with Crippen LogP contribution in [0.5, 0.6) is 0 Å². The van der Waals surface area contributed by atoms with E-state index in [4.69, 9.17) is 14.7 Å². The molecule has 2 aliphatic heterocycles. The Kier molecular flexibility index (Phi) is 4.51. The Labute approximate surface area is 169 Å². The Balaban J connectivity index is 1.69. The van der Waals surface area contributed by atoms with Gasteiger partial charge in [-0.15, -0.1) is 0 Å². The lowest BCUT2D eigenvalue weighted by molar-refractivity contribution is 0.0985. The summed E-state index contributed by atoms with van der Waals surface area (Å²) >= 11 is 0. The molecule has 9 heteroatoms. The number of nitrogens with zero attached hydrogens (tertiary/aromatic N) is 4. The van der Waals surface area contributed by atoms with Crippen LogP contribution >= 0.6 is 0 Å². The van der Waals surface area contributed by atoms with Crippen LogP contribution in [0.1, 0.15) is 30.7 Å². The zero-order chi connectivity index (χ0) is 20.0. The summed E-state index contributed by atoms with van der Waals surface area (Å²) in [4.78, 5) is 19.2. The highest BCUT2D eigenvalue weighted by Gasteiger charge is 2.35. The Morgan fingerprint density at radius 1 is 1.28 bits per heavy atom. The third-order valence-electron chi connectivity index (χ3n) is 5.77. The number of sulfone groups is 1. The van der Waals surface area contributed by atoms with Gasteiger partial charge in [0, 0.05) is 36.0 Å². The summed E-state index contributed by atoms with van der Waals surface area (Å²) in [5.41, 5.74) is 2.27. The molecular weight excluding hydrogens is 390 g/mol. The van der Waals surface area contributed by atoms with E-state index in [1.807, 2.05) is 18.3 Å². The summed E-state index contributed by atoms with van der Waals surface area (Å²) < 4.78 is 30.8. The third kappa shape index (κ3) is 3.28. The molecule has 2 atom stereocenters. The second kappa shape index (κ2) is 7.07. The number of hydrogen-bond donors (Lipinski definition) is 1. The molecule has 0 bridgehead atoms. The van der Waals surface area contributed by atoms with E-state index in [0.29, 0.717) is 44.1 Å². The topological polar surface area (TPSA) is 101 Å². The van der Waals surface area contributed by atoms with Crippen molar-refractivity contribution in [2.75, 3.05) is 30.4 Å². The summed E-state index contributed by atoms with van der Waals surface area (Å²) in [6, 6.07) is 3.97. The van der Waals surface area contributed by atoms with Gasteiger partial charge in [0.2, 0.25) is 0 Å². The highest BCUT2D eigenvalue weighted by Crippen LogP contribution is 2.36. The third-order valence-corrected chi connectivity index (χ3v) is 7.97. The number of aromatic nitrogens is 4. The van der Waals surface area contributed by atoms with Gasteiger partial charge in [-0.2, -0.15) is 0 Å². The molecule has 0 unspecified atom stereocenters. The first kappa shape index (κ1) is 18.5. The van der Waals surface area contributed by atoms with Crippen molar-refractivity contribution < 1.29 is 13.2 Å². The maximum Gasteiger partial charge on any atom is 0.164 e. The van der Waals surface area contributed by atoms with Crippen LogP contribution in [-0.2, 0) is 14.6 Å². The van der Waals surface area contributed by atoms with E-state index >= 15 is 0 Å². The van der Waals surface area contributed by atoms with Gasteiger partial charge >= 0.3 is 0 Å². The predicted octanol–water partition coefficient (Wildman–Crippen LogP) is 2.49. The number of fused-ring (bicyclic) bond motifs is 1. The number of morpholine rings is 1. The Hall–Kier alpha value is -2.52. The molecule has 152 valence electrons. The zero-order valence-corrected chi connectivity index (χ0v) is 17.0. The summed E-state index contributed by atoms with van der Waals surface area (Å²) in [7, 11) is -3.19. The number of H-pyrrole nitrogens is 1. The van der Waals surface area contributed by atoms with Gasteiger partial charge in [0.15, 0.2) is 15.7 Å². The van der Waals surface area contributed by atoms with Gasteiger partial charge in [0.25, 0.3) is 0 Å². The fraction of sp³-hybridized carbons (Fsp3) is 0.450. The molecular formula is C20H23N5O3S. The summed E-state index contributed by atoms with van der Waals surface area (Å²) in [5, 5.41) is 0.394. The van der Waals surface area contributed by atoms with E-state index in [9.17, 15) is 8.42 Å². The molecule has 29 heavy (non-hydrogen) atoms. The Morgan fingerprint density at radius 2 is 2.17 bits per heavy atom. The molecule has 0 saturated carbocycles. The molecule has 0 amide bonds. The number of hydrogen-bond acceptors (Lipinski definition) is 7. The van der Waals surface area contributed by atoms with Gasteiger partial charge in [0.05, 0.1) is 42.4 Å². The van der Waals surface area contributed by atoms with Crippen molar-refractivity contribution in [1.82, 2.24) is 19.9 Å². The first-order valence-corrected chi connectivity index (χ1v) is 11.6. The quantitative estimate of drug-likeness (QED) is 0.704. The van der Waals surface area contributed by atoms with Crippen LogP contribution in [0, 0.1) is 0 Å².